The molecule has 0 bridgehead atoms. The zero-order valence-corrected chi connectivity index (χ0v) is 14.9. The first-order valence-corrected chi connectivity index (χ1v) is 8.60. The van der Waals surface area contributed by atoms with Gasteiger partial charge in [-0.1, -0.05) is 42.8 Å². The van der Waals surface area contributed by atoms with E-state index < -0.39 is 0 Å². The van der Waals surface area contributed by atoms with Crippen molar-refractivity contribution >= 4 is 34.2 Å². The maximum absolute atomic E-state index is 12.6. The molecule has 0 fully saturated rings. The summed E-state index contributed by atoms with van der Waals surface area (Å²) in [6.45, 7) is 4.44. The summed E-state index contributed by atoms with van der Waals surface area (Å²) in [6, 6.07) is 14.8. The monoisotopic (exact) mass is 354 g/mol. The van der Waals surface area contributed by atoms with E-state index in [2.05, 4.69) is 15.5 Å². The van der Waals surface area contributed by atoms with Crippen molar-refractivity contribution in [1.29, 1.82) is 0 Å². The topological polar surface area (TPSA) is 59.3 Å². The van der Waals surface area contributed by atoms with Gasteiger partial charge in [-0.15, -0.1) is 0 Å². The quantitative estimate of drug-likeness (QED) is 0.549. The average Bonchev–Trinajstić information content (AvgIpc) is 2.64. The predicted octanol–water partition coefficient (Wildman–Crippen LogP) is 4.30. The molecule has 5 nitrogen and oxygen atoms in total. The normalized spacial score (nSPS) is 11.7. The number of aromatic nitrogens is 2. The molecule has 0 amide bonds. The van der Waals surface area contributed by atoms with E-state index in [9.17, 15) is 4.79 Å². The molecule has 0 aliphatic rings. The molecule has 0 saturated carbocycles. The molecule has 2 aromatic carbocycles. The van der Waals surface area contributed by atoms with Gasteiger partial charge in [-0.25, -0.2) is 10.4 Å². The van der Waals surface area contributed by atoms with Crippen LogP contribution in [0.3, 0.4) is 0 Å². The van der Waals surface area contributed by atoms with E-state index in [-0.39, 0.29) is 5.56 Å². The van der Waals surface area contributed by atoms with Crippen LogP contribution in [0, 0.1) is 0 Å². The molecule has 0 aliphatic heterocycles. The Labute approximate surface area is 151 Å². The van der Waals surface area contributed by atoms with E-state index in [4.69, 9.17) is 11.6 Å². The lowest BCUT2D eigenvalue weighted by Crippen LogP contribution is -2.23. The Hall–Kier alpha value is -2.66. The fraction of sp³-hybridized carbons (Fsp3) is 0.211. The van der Waals surface area contributed by atoms with E-state index in [1.54, 1.807) is 10.6 Å². The van der Waals surface area contributed by atoms with Gasteiger partial charge in [0.15, 0.2) is 0 Å². The van der Waals surface area contributed by atoms with Gasteiger partial charge in [0.25, 0.3) is 5.56 Å². The number of fused-ring (bicyclic) bond motifs is 1. The first-order valence-electron chi connectivity index (χ1n) is 8.22. The minimum Gasteiger partial charge on any atom is -0.277 e. The molecule has 3 aromatic rings. The van der Waals surface area contributed by atoms with Crippen molar-refractivity contribution < 1.29 is 0 Å². The number of hydrogen-bond acceptors (Lipinski definition) is 4. The Morgan fingerprint density at radius 1 is 1.16 bits per heavy atom. The highest BCUT2D eigenvalue weighted by Crippen LogP contribution is 2.14. The number of nitrogens with one attached hydrogen (secondary N) is 1. The minimum absolute atomic E-state index is 0.0738. The smallest absolute Gasteiger partial charge is 0.262 e. The molecule has 0 unspecified atom stereocenters. The lowest BCUT2D eigenvalue weighted by Gasteiger charge is -2.12. The summed E-state index contributed by atoms with van der Waals surface area (Å²) in [6.07, 6.45) is 0.735. The van der Waals surface area contributed by atoms with Gasteiger partial charge < -0.3 is 0 Å². The van der Waals surface area contributed by atoms with Gasteiger partial charge in [-0.2, -0.15) is 5.10 Å². The first kappa shape index (κ1) is 17.2. The summed E-state index contributed by atoms with van der Waals surface area (Å²) >= 11 is 5.94. The molecule has 0 radical (unpaired) electrons. The Bertz CT molecular complexity index is 977. The summed E-state index contributed by atoms with van der Waals surface area (Å²) in [5.41, 5.74) is 5.39. The lowest BCUT2D eigenvalue weighted by molar-refractivity contribution is 0.724. The highest BCUT2D eigenvalue weighted by molar-refractivity contribution is 6.30. The van der Waals surface area contributed by atoms with E-state index in [0.717, 1.165) is 17.7 Å². The fourth-order valence-corrected chi connectivity index (χ4v) is 2.78. The largest absolute Gasteiger partial charge is 0.277 e. The third kappa shape index (κ3) is 3.56. The number of nitrogens with zero attached hydrogens (tertiary/aromatic N) is 3. The predicted molar refractivity (Wildman–Crippen MR) is 104 cm³/mol. The number of rotatable bonds is 5. The van der Waals surface area contributed by atoms with Crippen LogP contribution in [0.1, 0.15) is 25.8 Å². The SMILES string of the molecule is CC/C(=N/Nc1nc2ccccc2c(=O)n1CC)c1ccc(Cl)cc1. The van der Waals surface area contributed by atoms with Gasteiger partial charge in [0.05, 0.1) is 16.6 Å². The van der Waals surface area contributed by atoms with Crippen molar-refractivity contribution in [3.8, 4) is 0 Å². The second-order valence-corrected chi connectivity index (χ2v) is 5.97. The number of para-hydroxylation sites is 1. The van der Waals surface area contributed by atoms with Crippen LogP contribution in [0.4, 0.5) is 5.95 Å². The second-order valence-electron chi connectivity index (χ2n) is 5.53. The number of hydrazone groups is 1. The molecule has 1 aromatic heterocycles. The standard InChI is InChI=1S/C19H19ClN4O/c1-3-16(13-9-11-14(20)12-10-13)22-23-19-21-17-8-6-5-7-15(17)18(25)24(19)4-2/h5-12H,3-4H2,1-2H3,(H,21,23)/b22-16-. The van der Waals surface area contributed by atoms with E-state index in [1.165, 1.54) is 0 Å². The van der Waals surface area contributed by atoms with Crippen LogP contribution in [-0.4, -0.2) is 15.3 Å². The van der Waals surface area contributed by atoms with Crippen LogP contribution >= 0.6 is 11.6 Å². The molecule has 6 heteroatoms. The fourth-order valence-electron chi connectivity index (χ4n) is 2.65. The maximum atomic E-state index is 12.6. The van der Waals surface area contributed by atoms with Crippen molar-refractivity contribution in [2.24, 2.45) is 5.10 Å². The average molecular weight is 355 g/mol. The summed E-state index contributed by atoms with van der Waals surface area (Å²) in [7, 11) is 0. The van der Waals surface area contributed by atoms with Crippen LogP contribution in [0.2, 0.25) is 5.02 Å². The number of hydrogen-bond donors (Lipinski definition) is 1. The van der Waals surface area contributed by atoms with Crippen LogP contribution < -0.4 is 11.0 Å². The maximum Gasteiger partial charge on any atom is 0.262 e. The lowest BCUT2D eigenvalue weighted by atomic mass is 10.1. The molecule has 25 heavy (non-hydrogen) atoms. The first-order chi connectivity index (χ1) is 12.1. The second kappa shape index (κ2) is 7.49. The van der Waals surface area contributed by atoms with E-state index in [0.29, 0.717) is 28.4 Å². The number of benzene rings is 2. The highest BCUT2D eigenvalue weighted by atomic mass is 35.5. The van der Waals surface area contributed by atoms with Crippen molar-refractivity contribution in [3.63, 3.8) is 0 Å². The Morgan fingerprint density at radius 2 is 1.88 bits per heavy atom. The summed E-state index contributed by atoms with van der Waals surface area (Å²) < 4.78 is 1.58. The van der Waals surface area contributed by atoms with Gasteiger partial charge in [-0.3, -0.25) is 9.36 Å². The van der Waals surface area contributed by atoms with Crippen LogP contribution in [-0.2, 0) is 6.54 Å². The van der Waals surface area contributed by atoms with E-state index >= 15 is 0 Å². The molecule has 0 spiro atoms. The third-order valence-electron chi connectivity index (χ3n) is 3.98. The highest BCUT2D eigenvalue weighted by Gasteiger charge is 2.09. The van der Waals surface area contributed by atoms with Gasteiger partial charge in [0.2, 0.25) is 5.95 Å². The van der Waals surface area contributed by atoms with Gasteiger partial charge in [0, 0.05) is 11.6 Å². The Kier molecular flexibility index (Phi) is 5.14. The minimum atomic E-state index is -0.0738. The Morgan fingerprint density at radius 3 is 2.56 bits per heavy atom. The zero-order chi connectivity index (χ0) is 17.8. The van der Waals surface area contributed by atoms with Crippen molar-refractivity contribution in [1.82, 2.24) is 9.55 Å². The van der Waals surface area contributed by atoms with Gasteiger partial charge in [0.1, 0.15) is 0 Å². The molecule has 128 valence electrons. The number of halogens is 1. The van der Waals surface area contributed by atoms with E-state index in [1.807, 2.05) is 56.3 Å². The summed E-state index contributed by atoms with van der Waals surface area (Å²) in [5, 5.41) is 5.76. The molecule has 1 heterocycles. The molecular formula is C19H19ClN4O. The number of anilines is 1. The van der Waals surface area contributed by atoms with Gasteiger partial charge >= 0.3 is 0 Å². The van der Waals surface area contributed by atoms with Crippen molar-refractivity contribution in [2.75, 3.05) is 5.43 Å². The molecule has 0 atom stereocenters. The molecule has 3 rings (SSSR count). The molecule has 0 saturated heterocycles. The third-order valence-corrected chi connectivity index (χ3v) is 4.23. The van der Waals surface area contributed by atoms with Crippen molar-refractivity contribution in [2.45, 2.75) is 26.8 Å². The van der Waals surface area contributed by atoms with Crippen molar-refractivity contribution in [3.05, 3.63) is 69.5 Å². The zero-order valence-electron chi connectivity index (χ0n) is 14.2. The summed E-state index contributed by atoms with van der Waals surface area (Å²) in [5.74, 6) is 0.436. The summed E-state index contributed by atoms with van der Waals surface area (Å²) in [4.78, 5) is 17.2. The molecular weight excluding hydrogens is 336 g/mol. The van der Waals surface area contributed by atoms with Crippen LogP contribution in [0.25, 0.3) is 10.9 Å². The molecule has 1 N–H and O–H groups in total. The Balaban J connectivity index is 2.01. The van der Waals surface area contributed by atoms with Gasteiger partial charge in [-0.05, 0) is 43.2 Å². The van der Waals surface area contributed by atoms with Crippen LogP contribution in [0.5, 0.6) is 0 Å². The molecule has 0 aliphatic carbocycles. The van der Waals surface area contributed by atoms with Crippen LogP contribution in [0.15, 0.2) is 58.4 Å².